The lowest BCUT2D eigenvalue weighted by atomic mass is 9.99. The van der Waals surface area contributed by atoms with E-state index >= 15 is 0 Å². The zero-order chi connectivity index (χ0) is 20.9. The van der Waals surface area contributed by atoms with E-state index in [0.29, 0.717) is 19.4 Å². The molecule has 0 aliphatic carbocycles. The van der Waals surface area contributed by atoms with Crippen LogP contribution in [0.1, 0.15) is 36.5 Å². The minimum absolute atomic E-state index is 0.169. The Kier molecular flexibility index (Phi) is 6.82. The second kappa shape index (κ2) is 9.33. The fourth-order valence-electron chi connectivity index (χ4n) is 3.34. The van der Waals surface area contributed by atoms with Gasteiger partial charge in [0.1, 0.15) is 0 Å². The molecule has 1 fully saturated rings. The monoisotopic (exact) mass is 413 g/mol. The molecule has 1 aliphatic heterocycles. The van der Waals surface area contributed by atoms with Crippen molar-refractivity contribution in [2.45, 2.75) is 38.0 Å². The molecule has 1 heterocycles. The standard InChI is InChI=1S/C22H27N3O3S/c1-3-18-8-10-19(11-9-18)15-23-24-22(26)20-5-4-14-25(16-20)29(27,28)21-12-6-17(2)7-13-21/h6-13,15,20H,3-5,14,16H2,1-2H3,(H,24,26)/b23-15-/t20-/m1/s1. The first-order valence-corrected chi connectivity index (χ1v) is 11.3. The molecule has 1 amide bonds. The number of amides is 1. The molecule has 0 unspecified atom stereocenters. The number of nitrogens with one attached hydrogen (secondary N) is 1. The molecule has 1 atom stereocenters. The number of aryl methyl sites for hydroxylation is 2. The molecule has 0 radical (unpaired) electrons. The van der Waals surface area contributed by atoms with Crippen LogP contribution in [0.15, 0.2) is 58.5 Å². The van der Waals surface area contributed by atoms with Crippen molar-refractivity contribution in [2.75, 3.05) is 13.1 Å². The highest BCUT2D eigenvalue weighted by Gasteiger charge is 2.33. The summed E-state index contributed by atoms with van der Waals surface area (Å²) in [6, 6.07) is 14.7. The Bertz CT molecular complexity index is 967. The number of carbonyl (C=O) groups excluding carboxylic acids is 1. The van der Waals surface area contributed by atoms with E-state index in [1.165, 1.54) is 9.87 Å². The SMILES string of the molecule is CCc1ccc(/C=N\NC(=O)[C@@H]2CCCN(S(=O)(=O)c3ccc(C)cc3)C2)cc1. The van der Waals surface area contributed by atoms with Crippen LogP contribution in [0.25, 0.3) is 0 Å². The predicted molar refractivity (Wildman–Crippen MR) is 114 cm³/mol. The minimum Gasteiger partial charge on any atom is -0.273 e. The maximum Gasteiger partial charge on any atom is 0.244 e. The maximum atomic E-state index is 12.9. The number of hydrogen-bond donors (Lipinski definition) is 1. The highest BCUT2D eigenvalue weighted by molar-refractivity contribution is 7.89. The van der Waals surface area contributed by atoms with Gasteiger partial charge in [0.05, 0.1) is 17.0 Å². The van der Waals surface area contributed by atoms with Crippen LogP contribution in [-0.4, -0.2) is 37.9 Å². The second-order valence-electron chi connectivity index (χ2n) is 7.34. The Morgan fingerprint density at radius 3 is 2.52 bits per heavy atom. The first-order valence-electron chi connectivity index (χ1n) is 9.89. The van der Waals surface area contributed by atoms with Gasteiger partial charge in [-0.15, -0.1) is 0 Å². The number of piperidine rings is 1. The summed E-state index contributed by atoms with van der Waals surface area (Å²) in [7, 11) is -3.60. The lowest BCUT2D eigenvalue weighted by Gasteiger charge is -2.30. The van der Waals surface area contributed by atoms with Gasteiger partial charge in [0.25, 0.3) is 0 Å². The van der Waals surface area contributed by atoms with Crippen LogP contribution in [0.3, 0.4) is 0 Å². The molecule has 29 heavy (non-hydrogen) atoms. The maximum absolute atomic E-state index is 12.9. The van der Waals surface area contributed by atoms with Crippen molar-refractivity contribution in [3.63, 3.8) is 0 Å². The van der Waals surface area contributed by atoms with E-state index in [1.54, 1.807) is 30.5 Å². The lowest BCUT2D eigenvalue weighted by Crippen LogP contribution is -2.44. The Labute approximate surface area is 172 Å². The van der Waals surface area contributed by atoms with Gasteiger partial charge in [0, 0.05) is 13.1 Å². The molecule has 0 bridgehead atoms. The quantitative estimate of drug-likeness (QED) is 0.584. The normalized spacial score (nSPS) is 18.1. The van der Waals surface area contributed by atoms with E-state index in [1.807, 2.05) is 31.2 Å². The van der Waals surface area contributed by atoms with Crippen molar-refractivity contribution in [2.24, 2.45) is 11.0 Å². The number of hydrazone groups is 1. The fraction of sp³-hybridized carbons (Fsp3) is 0.364. The molecule has 0 spiro atoms. The van der Waals surface area contributed by atoms with Crippen LogP contribution in [0.5, 0.6) is 0 Å². The molecule has 0 aromatic heterocycles. The van der Waals surface area contributed by atoms with E-state index in [4.69, 9.17) is 0 Å². The van der Waals surface area contributed by atoms with E-state index < -0.39 is 15.9 Å². The van der Waals surface area contributed by atoms with Gasteiger partial charge in [-0.05, 0) is 49.4 Å². The second-order valence-corrected chi connectivity index (χ2v) is 9.28. The van der Waals surface area contributed by atoms with Gasteiger partial charge in [-0.25, -0.2) is 13.8 Å². The molecule has 0 saturated carbocycles. The van der Waals surface area contributed by atoms with Gasteiger partial charge < -0.3 is 0 Å². The van der Waals surface area contributed by atoms with E-state index in [9.17, 15) is 13.2 Å². The van der Waals surface area contributed by atoms with Crippen LogP contribution in [0.2, 0.25) is 0 Å². The molecule has 6 nitrogen and oxygen atoms in total. The molecule has 1 N–H and O–H groups in total. The van der Waals surface area contributed by atoms with Crippen molar-refractivity contribution >= 4 is 22.1 Å². The Morgan fingerprint density at radius 2 is 1.86 bits per heavy atom. The molecule has 1 saturated heterocycles. The summed E-state index contributed by atoms with van der Waals surface area (Å²) in [6.45, 7) is 4.60. The minimum atomic E-state index is -3.60. The summed E-state index contributed by atoms with van der Waals surface area (Å²) in [4.78, 5) is 12.8. The predicted octanol–water partition coefficient (Wildman–Crippen LogP) is 3.11. The van der Waals surface area contributed by atoms with Gasteiger partial charge in [-0.3, -0.25) is 4.79 Å². The van der Waals surface area contributed by atoms with Gasteiger partial charge in [0.2, 0.25) is 15.9 Å². The average Bonchev–Trinajstić information content (AvgIpc) is 2.74. The van der Waals surface area contributed by atoms with E-state index in [2.05, 4.69) is 17.5 Å². The van der Waals surface area contributed by atoms with Crippen molar-refractivity contribution < 1.29 is 13.2 Å². The average molecular weight is 414 g/mol. The highest BCUT2D eigenvalue weighted by Crippen LogP contribution is 2.24. The van der Waals surface area contributed by atoms with Crippen LogP contribution in [-0.2, 0) is 21.2 Å². The molecule has 7 heteroatoms. The molecule has 154 valence electrons. The number of nitrogens with zero attached hydrogens (tertiary/aromatic N) is 2. The van der Waals surface area contributed by atoms with Crippen molar-refractivity contribution in [3.05, 3.63) is 65.2 Å². The fourth-order valence-corrected chi connectivity index (χ4v) is 4.86. The summed E-state index contributed by atoms with van der Waals surface area (Å²) in [6.07, 6.45) is 3.86. The van der Waals surface area contributed by atoms with Crippen LogP contribution >= 0.6 is 0 Å². The topological polar surface area (TPSA) is 78.8 Å². The number of rotatable bonds is 6. The molecular weight excluding hydrogens is 386 g/mol. The molecule has 1 aliphatic rings. The number of hydrogen-bond acceptors (Lipinski definition) is 4. The van der Waals surface area contributed by atoms with Crippen LogP contribution < -0.4 is 5.43 Å². The first-order chi connectivity index (χ1) is 13.9. The van der Waals surface area contributed by atoms with Crippen molar-refractivity contribution in [1.29, 1.82) is 0 Å². The molecular formula is C22H27N3O3S. The number of benzene rings is 2. The van der Waals surface area contributed by atoms with Gasteiger partial charge in [-0.2, -0.15) is 9.41 Å². The van der Waals surface area contributed by atoms with Gasteiger partial charge in [-0.1, -0.05) is 48.9 Å². The zero-order valence-corrected chi connectivity index (χ0v) is 17.7. The van der Waals surface area contributed by atoms with Crippen LogP contribution in [0, 0.1) is 12.8 Å². The highest BCUT2D eigenvalue weighted by atomic mass is 32.2. The third-order valence-corrected chi connectivity index (χ3v) is 7.07. The number of carbonyl (C=O) groups is 1. The first kappa shape index (κ1) is 21.2. The van der Waals surface area contributed by atoms with Gasteiger partial charge >= 0.3 is 0 Å². The van der Waals surface area contributed by atoms with Gasteiger partial charge in [0.15, 0.2) is 0 Å². The van der Waals surface area contributed by atoms with E-state index in [-0.39, 0.29) is 17.3 Å². The summed E-state index contributed by atoms with van der Waals surface area (Å²) < 4.78 is 27.2. The van der Waals surface area contributed by atoms with E-state index in [0.717, 1.165) is 17.5 Å². The smallest absolute Gasteiger partial charge is 0.244 e. The third-order valence-electron chi connectivity index (χ3n) is 5.19. The Hall–Kier alpha value is -2.51. The van der Waals surface area contributed by atoms with Crippen molar-refractivity contribution in [3.8, 4) is 0 Å². The molecule has 3 rings (SSSR count). The van der Waals surface area contributed by atoms with Crippen LogP contribution in [0.4, 0.5) is 0 Å². The third kappa shape index (κ3) is 5.31. The van der Waals surface area contributed by atoms with Crippen molar-refractivity contribution in [1.82, 2.24) is 9.73 Å². The molecule has 2 aromatic rings. The largest absolute Gasteiger partial charge is 0.273 e. The zero-order valence-electron chi connectivity index (χ0n) is 16.8. The number of sulfonamides is 1. The summed E-state index contributed by atoms with van der Waals surface area (Å²) in [5, 5.41) is 4.03. The summed E-state index contributed by atoms with van der Waals surface area (Å²) in [5.41, 5.74) is 5.70. The molecule has 2 aromatic carbocycles. The lowest BCUT2D eigenvalue weighted by molar-refractivity contribution is -0.126. The Balaban J connectivity index is 1.61. The summed E-state index contributed by atoms with van der Waals surface area (Å²) >= 11 is 0. The Morgan fingerprint density at radius 1 is 1.17 bits per heavy atom. The summed E-state index contributed by atoms with van der Waals surface area (Å²) in [5.74, 6) is -0.668.